The van der Waals surface area contributed by atoms with Crippen molar-refractivity contribution in [2.75, 3.05) is 13.2 Å². The first-order valence-corrected chi connectivity index (χ1v) is 28.0. The Balaban J connectivity index is 3.43. The molecular formula is C56H109NO5. The number of amides is 1. The molecule has 0 aliphatic heterocycles. The van der Waals surface area contributed by atoms with Gasteiger partial charge < -0.3 is 20.3 Å². The second kappa shape index (κ2) is 52.2. The molecule has 0 radical (unpaired) electrons. The summed E-state index contributed by atoms with van der Waals surface area (Å²) in [5, 5.41) is 23.0. The predicted molar refractivity (Wildman–Crippen MR) is 269 cm³/mol. The lowest BCUT2D eigenvalue weighted by atomic mass is 10.0. The van der Waals surface area contributed by atoms with E-state index in [9.17, 15) is 19.8 Å². The molecule has 0 aromatic heterocycles. The van der Waals surface area contributed by atoms with Gasteiger partial charge in [0.1, 0.15) is 0 Å². The molecule has 0 aliphatic carbocycles. The van der Waals surface area contributed by atoms with E-state index in [-0.39, 0.29) is 18.5 Å². The Kier molecular flexibility index (Phi) is 51.0. The van der Waals surface area contributed by atoms with Crippen molar-refractivity contribution in [2.24, 2.45) is 0 Å². The van der Waals surface area contributed by atoms with Crippen LogP contribution in [-0.2, 0) is 14.3 Å². The van der Waals surface area contributed by atoms with Crippen LogP contribution in [0, 0.1) is 0 Å². The number of esters is 1. The first kappa shape index (κ1) is 60.6. The molecule has 0 spiro atoms. The molecule has 0 heterocycles. The molecule has 0 fully saturated rings. The summed E-state index contributed by atoms with van der Waals surface area (Å²) in [5.74, 6) is -0.0814. The molecule has 0 saturated carbocycles. The third kappa shape index (κ3) is 48.1. The fourth-order valence-corrected chi connectivity index (χ4v) is 8.75. The number of allylic oxidation sites excluding steroid dienone is 1. The summed E-state index contributed by atoms with van der Waals surface area (Å²) < 4.78 is 5.48. The number of aliphatic hydroxyl groups excluding tert-OH is 2. The van der Waals surface area contributed by atoms with Gasteiger partial charge in [0.2, 0.25) is 5.91 Å². The zero-order chi connectivity index (χ0) is 45.1. The van der Waals surface area contributed by atoms with Crippen LogP contribution in [0.25, 0.3) is 0 Å². The van der Waals surface area contributed by atoms with Gasteiger partial charge in [-0.1, -0.05) is 276 Å². The van der Waals surface area contributed by atoms with Gasteiger partial charge in [0.15, 0.2) is 0 Å². The van der Waals surface area contributed by atoms with Crippen LogP contribution in [0.3, 0.4) is 0 Å². The molecule has 0 aromatic carbocycles. The van der Waals surface area contributed by atoms with Crippen LogP contribution in [0.4, 0.5) is 0 Å². The lowest BCUT2D eigenvalue weighted by molar-refractivity contribution is -0.143. The van der Waals surface area contributed by atoms with E-state index < -0.39 is 12.1 Å². The zero-order valence-electron chi connectivity index (χ0n) is 41.9. The fourth-order valence-electron chi connectivity index (χ4n) is 8.75. The molecule has 6 heteroatoms. The fraction of sp³-hybridized carbons (Fsp3) is 0.929. The van der Waals surface area contributed by atoms with Gasteiger partial charge in [-0.25, -0.2) is 0 Å². The zero-order valence-corrected chi connectivity index (χ0v) is 41.9. The molecule has 0 bridgehead atoms. The highest BCUT2D eigenvalue weighted by molar-refractivity contribution is 5.76. The molecule has 62 heavy (non-hydrogen) atoms. The van der Waals surface area contributed by atoms with Gasteiger partial charge in [0, 0.05) is 12.8 Å². The van der Waals surface area contributed by atoms with Crippen molar-refractivity contribution in [3.05, 3.63) is 12.2 Å². The Morgan fingerprint density at radius 1 is 0.435 bits per heavy atom. The van der Waals surface area contributed by atoms with Crippen LogP contribution in [-0.4, -0.2) is 47.4 Å². The lowest BCUT2D eigenvalue weighted by Gasteiger charge is -2.20. The van der Waals surface area contributed by atoms with Crippen molar-refractivity contribution >= 4 is 11.9 Å². The summed E-state index contributed by atoms with van der Waals surface area (Å²) in [6.07, 6.45) is 60.8. The topological polar surface area (TPSA) is 95.9 Å². The number of hydrogen-bond acceptors (Lipinski definition) is 5. The highest BCUT2D eigenvalue weighted by Gasteiger charge is 2.18. The molecule has 0 saturated heterocycles. The second-order valence-electron chi connectivity index (χ2n) is 19.3. The highest BCUT2D eigenvalue weighted by Crippen LogP contribution is 2.17. The first-order valence-electron chi connectivity index (χ1n) is 28.0. The molecule has 3 N–H and O–H groups in total. The van der Waals surface area contributed by atoms with Crippen LogP contribution < -0.4 is 5.32 Å². The monoisotopic (exact) mass is 876 g/mol. The van der Waals surface area contributed by atoms with Gasteiger partial charge in [0.25, 0.3) is 0 Å². The van der Waals surface area contributed by atoms with E-state index in [4.69, 9.17) is 4.74 Å². The third-order valence-electron chi connectivity index (χ3n) is 13.1. The third-order valence-corrected chi connectivity index (χ3v) is 13.1. The smallest absolute Gasteiger partial charge is 0.305 e. The Labute approximate surface area is 387 Å². The van der Waals surface area contributed by atoms with Crippen molar-refractivity contribution in [2.45, 2.75) is 321 Å². The number of nitrogens with one attached hydrogen (secondary N) is 1. The van der Waals surface area contributed by atoms with Crippen LogP contribution in [0.1, 0.15) is 309 Å². The molecule has 1 amide bonds. The van der Waals surface area contributed by atoms with E-state index in [1.165, 1.54) is 225 Å². The Bertz CT molecular complexity index is 924. The molecule has 6 nitrogen and oxygen atoms in total. The number of carbonyl (C=O) groups is 2. The Morgan fingerprint density at radius 3 is 1.10 bits per heavy atom. The van der Waals surface area contributed by atoms with Crippen molar-refractivity contribution in [3.63, 3.8) is 0 Å². The largest absolute Gasteiger partial charge is 0.466 e. The quantitative estimate of drug-likeness (QED) is 0.0321. The SMILES string of the molecule is CCCCCCCCCCCCC/C=C/C(O)C(CO)NC(=O)CCCCCCCCCCCCCCCOC(=O)CCCCCCCCCCCCCCCCCCCCC. The maximum Gasteiger partial charge on any atom is 0.305 e. The van der Waals surface area contributed by atoms with E-state index in [1.807, 2.05) is 6.08 Å². The Hall–Kier alpha value is -1.40. The van der Waals surface area contributed by atoms with Crippen LogP contribution >= 0.6 is 0 Å². The van der Waals surface area contributed by atoms with Crippen molar-refractivity contribution < 1.29 is 24.5 Å². The van der Waals surface area contributed by atoms with Gasteiger partial charge in [-0.15, -0.1) is 0 Å². The molecule has 0 aliphatic rings. The van der Waals surface area contributed by atoms with Gasteiger partial charge in [-0.2, -0.15) is 0 Å². The second-order valence-corrected chi connectivity index (χ2v) is 19.3. The number of carbonyl (C=O) groups excluding carboxylic acids is 2. The molecular weight excluding hydrogens is 767 g/mol. The number of aliphatic hydroxyl groups is 2. The van der Waals surface area contributed by atoms with Crippen molar-refractivity contribution in [1.29, 1.82) is 0 Å². The standard InChI is InChI=1S/C56H109NO5/c1-3-5-7-9-11-13-15-17-18-19-20-21-22-26-30-34-38-42-46-50-56(61)62-51-47-43-39-35-31-27-23-25-29-33-37-41-45-49-55(60)57-53(52-58)54(59)48-44-40-36-32-28-24-16-14-12-10-8-6-4-2/h44,48,53-54,58-59H,3-43,45-47,49-52H2,1-2H3,(H,57,60)/b48-44+. The number of rotatable bonds is 52. The lowest BCUT2D eigenvalue weighted by Crippen LogP contribution is -2.45. The highest BCUT2D eigenvalue weighted by atomic mass is 16.5. The average molecular weight is 876 g/mol. The average Bonchev–Trinajstić information content (AvgIpc) is 3.27. The minimum absolute atomic E-state index is 0.00185. The summed E-state index contributed by atoms with van der Waals surface area (Å²) >= 11 is 0. The summed E-state index contributed by atoms with van der Waals surface area (Å²) in [4.78, 5) is 24.5. The minimum atomic E-state index is -0.851. The normalized spacial score (nSPS) is 12.6. The summed E-state index contributed by atoms with van der Waals surface area (Å²) in [6.45, 7) is 4.89. The van der Waals surface area contributed by atoms with Crippen molar-refractivity contribution in [1.82, 2.24) is 5.32 Å². The van der Waals surface area contributed by atoms with E-state index in [2.05, 4.69) is 19.2 Å². The summed E-state index contributed by atoms with van der Waals surface area (Å²) in [5.41, 5.74) is 0. The van der Waals surface area contributed by atoms with Gasteiger partial charge in [-0.05, 0) is 32.1 Å². The molecule has 368 valence electrons. The van der Waals surface area contributed by atoms with E-state index in [0.29, 0.717) is 19.4 Å². The van der Waals surface area contributed by atoms with Gasteiger partial charge >= 0.3 is 5.97 Å². The maximum atomic E-state index is 12.4. The van der Waals surface area contributed by atoms with E-state index >= 15 is 0 Å². The first-order chi connectivity index (χ1) is 30.5. The number of ether oxygens (including phenoxy) is 1. The molecule has 2 unspecified atom stereocenters. The maximum absolute atomic E-state index is 12.4. The predicted octanol–water partition coefficient (Wildman–Crippen LogP) is 16.9. The van der Waals surface area contributed by atoms with Crippen LogP contribution in [0.5, 0.6) is 0 Å². The van der Waals surface area contributed by atoms with E-state index in [0.717, 1.165) is 57.8 Å². The minimum Gasteiger partial charge on any atom is -0.466 e. The molecule has 2 atom stereocenters. The van der Waals surface area contributed by atoms with Crippen molar-refractivity contribution in [3.8, 4) is 0 Å². The summed E-state index contributed by atoms with van der Waals surface area (Å²) in [7, 11) is 0. The number of hydrogen-bond donors (Lipinski definition) is 3. The number of unbranched alkanes of at least 4 members (excludes halogenated alkanes) is 41. The van der Waals surface area contributed by atoms with Gasteiger partial charge in [-0.3, -0.25) is 9.59 Å². The Morgan fingerprint density at radius 2 is 0.742 bits per heavy atom. The summed E-state index contributed by atoms with van der Waals surface area (Å²) in [6, 6.07) is -0.635. The van der Waals surface area contributed by atoms with Crippen LogP contribution in [0.15, 0.2) is 12.2 Å². The van der Waals surface area contributed by atoms with Crippen LogP contribution in [0.2, 0.25) is 0 Å². The van der Waals surface area contributed by atoms with E-state index in [1.54, 1.807) is 6.08 Å². The molecule has 0 rings (SSSR count). The van der Waals surface area contributed by atoms with Gasteiger partial charge in [0.05, 0.1) is 25.4 Å². The molecule has 0 aromatic rings.